The van der Waals surface area contributed by atoms with Crippen LogP contribution < -0.4 is 10.2 Å². The quantitative estimate of drug-likeness (QED) is 0.792. The highest BCUT2D eigenvalue weighted by molar-refractivity contribution is 5.52. The monoisotopic (exact) mass is 285 g/mol. The van der Waals surface area contributed by atoms with Crippen LogP contribution >= 0.6 is 0 Å². The maximum absolute atomic E-state index is 9.55. The second-order valence-electron chi connectivity index (χ2n) is 6.28. The first-order valence-electron chi connectivity index (χ1n) is 8.06. The average Bonchev–Trinajstić information content (AvgIpc) is 3.30. The molecule has 0 amide bonds. The third-order valence-electron chi connectivity index (χ3n) is 4.50. The highest BCUT2D eigenvalue weighted by atomic mass is 15.1. The zero-order chi connectivity index (χ0) is 15.3. The molecule has 0 radical (unpaired) electrons. The summed E-state index contributed by atoms with van der Waals surface area (Å²) in [5.41, 5.74) is 2.26. The first-order valence-corrected chi connectivity index (χ1v) is 8.06. The lowest BCUT2D eigenvalue weighted by Gasteiger charge is -2.28. The number of benzene rings is 1. The molecule has 0 heterocycles. The molecule has 2 rings (SSSR count). The van der Waals surface area contributed by atoms with Crippen molar-refractivity contribution in [3.8, 4) is 6.07 Å². The molecule has 3 heteroatoms. The number of hydrogen-bond donors (Lipinski definition) is 1. The Morgan fingerprint density at radius 1 is 1.38 bits per heavy atom. The van der Waals surface area contributed by atoms with E-state index in [1.54, 1.807) is 0 Å². The van der Waals surface area contributed by atoms with Gasteiger partial charge in [-0.3, -0.25) is 5.32 Å². The third kappa shape index (κ3) is 4.22. The highest BCUT2D eigenvalue weighted by Gasteiger charge is 2.34. The summed E-state index contributed by atoms with van der Waals surface area (Å²) in [4.78, 5) is 2.30. The number of para-hydroxylation sites is 1. The summed E-state index contributed by atoms with van der Waals surface area (Å²) >= 11 is 0. The van der Waals surface area contributed by atoms with Crippen LogP contribution in [0.4, 0.5) is 5.69 Å². The van der Waals surface area contributed by atoms with Gasteiger partial charge in [-0.15, -0.1) is 0 Å². The summed E-state index contributed by atoms with van der Waals surface area (Å²) in [6.07, 6.45) is 5.30. The summed E-state index contributed by atoms with van der Waals surface area (Å²) in [6, 6.07) is 11.6. The van der Waals surface area contributed by atoms with Crippen molar-refractivity contribution in [1.29, 1.82) is 5.26 Å². The minimum Gasteiger partial charge on any atom is -0.374 e. The molecular weight excluding hydrogens is 258 g/mol. The molecule has 1 atom stereocenters. The van der Waals surface area contributed by atoms with E-state index in [-0.39, 0.29) is 5.54 Å². The molecule has 0 aliphatic heterocycles. The van der Waals surface area contributed by atoms with Crippen molar-refractivity contribution in [1.82, 2.24) is 5.32 Å². The van der Waals surface area contributed by atoms with E-state index in [0.717, 1.165) is 25.8 Å². The average molecular weight is 285 g/mol. The third-order valence-corrected chi connectivity index (χ3v) is 4.50. The lowest BCUT2D eigenvalue weighted by molar-refractivity contribution is 0.362. The summed E-state index contributed by atoms with van der Waals surface area (Å²) < 4.78 is 0. The first kappa shape index (κ1) is 15.9. The van der Waals surface area contributed by atoms with Gasteiger partial charge in [-0.25, -0.2) is 0 Å². The number of nitriles is 1. The second kappa shape index (κ2) is 6.95. The number of hydrogen-bond acceptors (Lipinski definition) is 3. The molecule has 21 heavy (non-hydrogen) atoms. The van der Waals surface area contributed by atoms with Crippen LogP contribution in [0.1, 0.15) is 44.6 Å². The Morgan fingerprint density at radius 2 is 2.10 bits per heavy atom. The Balaban J connectivity index is 1.87. The minimum absolute atomic E-state index is 0.326. The van der Waals surface area contributed by atoms with Crippen molar-refractivity contribution in [3.63, 3.8) is 0 Å². The van der Waals surface area contributed by atoms with Crippen molar-refractivity contribution < 1.29 is 0 Å². The molecule has 1 aliphatic rings. The van der Waals surface area contributed by atoms with Crippen LogP contribution in [0, 0.1) is 18.3 Å². The molecule has 3 nitrogen and oxygen atoms in total. The predicted molar refractivity (Wildman–Crippen MR) is 88.5 cm³/mol. The largest absolute Gasteiger partial charge is 0.374 e. The topological polar surface area (TPSA) is 39.1 Å². The van der Waals surface area contributed by atoms with Gasteiger partial charge in [-0.1, -0.05) is 25.1 Å². The molecule has 1 unspecified atom stereocenters. The van der Waals surface area contributed by atoms with Gasteiger partial charge in [0.25, 0.3) is 0 Å². The second-order valence-corrected chi connectivity index (χ2v) is 6.28. The van der Waals surface area contributed by atoms with Gasteiger partial charge in [0.1, 0.15) is 5.54 Å². The number of rotatable bonds is 8. The SMILES string of the molecule is CCC(C#N)(CCCN(C)c1ccccc1C)NC1CC1. The molecule has 0 spiro atoms. The molecule has 0 aromatic heterocycles. The Morgan fingerprint density at radius 3 is 2.67 bits per heavy atom. The molecule has 1 fully saturated rings. The van der Waals surface area contributed by atoms with E-state index < -0.39 is 0 Å². The van der Waals surface area contributed by atoms with Crippen LogP contribution in [0.3, 0.4) is 0 Å². The molecule has 0 saturated heterocycles. The number of nitrogens with one attached hydrogen (secondary N) is 1. The predicted octanol–water partition coefficient (Wildman–Crippen LogP) is 3.64. The van der Waals surface area contributed by atoms with Crippen LogP contribution in [-0.2, 0) is 0 Å². The molecule has 1 N–H and O–H groups in total. The van der Waals surface area contributed by atoms with E-state index in [9.17, 15) is 5.26 Å². The van der Waals surface area contributed by atoms with Gasteiger partial charge in [-0.05, 0) is 50.7 Å². The van der Waals surface area contributed by atoms with Crippen LogP contribution in [0.2, 0.25) is 0 Å². The maximum atomic E-state index is 9.55. The number of anilines is 1. The summed E-state index contributed by atoms with van der Waals surface area (Å²) in [5, 5.41) is 13.1. The fourth-order valence-electron chi connectivity index (χ4n) is 2.87. The number of aryl methyl sites for hydroxylation is 1. The van der Waals surface area contributed by atoms with Gasteiger partial charge in [-0.2, -0.15) is 5.26 Å². The highest BCUT2D eigenvalue weighted by Crippen LogP contribution is 2.27. The van der Waals surface area contributed by atoms with Gasteiger partial charge in [0.15, 0.2) is 0 Å². The Kier molecular flexibility index (Phi) is 5.25. The van der Waals surface area contributed by atoms with Crippen molar-refractivity contribution >= 4 is 5.69 Å². The molecule has 114 valence electrons. The summed E-state index contributed by atoms with van der Waals surface area (Å²) in [7, 11) is 2.14. The van der Waals surface area contributed by atoms with Crippen molar-refractivity contribution in [2.24, 2.45) is 0 Å². The summed E-state index contributed by atoms with van der Waals surface area (Å²) in [6.45, 7) is 5.25. The van der Waals surface area contributed by atoms with Gasteiger partial charge >= 0.3 is 0 Å². The molecule has 1 aromatic carbocycles. The normalized spacial score (nSPS) is 17.0. The molecular formula is C18H27N3. The van der Waals surface area contributed by atoms with E-state index >= 15 is 0 Å². The van der Waals surface area contributed by atoms with Gasteiger partial charge in [0, 0.05) is 25.3 Å². The maximum Gasteiger partial charge on any atom is 0.106 e. The standard InChI is InChI=1S/C18H27N3/c1-4-18(14-19,20-16-10-11-16)12-7-13-21(3)17-9-6-5-8-15(17)2/h5-6,8-9,16,20H,4,7,10-13H2,1-3H3. The van der Waals surface area contributed by atoms with E-state index in [1.165, 1.54) is 24.1 Å². The van der Waals surface area contributed by atoms with Crippen molar-refractivity contribution in [2.75, 3.05) is 18.5 Å². The smallest absolute Gasteiger partial charge is 0.106 e. The first-order chi connectivity index (χ1) is 10.1. The van der Waals surface area contributed by atoms with Gasteiger partial charge in [0.2, 0.25) is 0 Å². The van der Waals surface area contributed by atoms with Gasteiger partial charge < -0.3 is 4.90 Å². The van der Waals surface area contributed by atoms with Crippen molar-refractivity contribution in [2.45, 2.75) is 57.5 Å². The number of nitrogens with zero attached hydrogens (tertiary/aromatic N) is 2. The zero-order valence-electron chi connectivity index (χ0n) is 13.5. The minimum atomic E-state index is -0.326. The lowest BCUT2D eigenvalue weighted by Crippen LogP contribution is -2.45. The van der Waals surface area contributed by atoms with E-state index in [2.05, 4.69) is 61.4 Å². The Labute approximate surface area is 129 Å². The fraction of sp³-hybridized carbons (Fsp3) is 0.611. The summed E-state index contributed by atoms with van der Waals surface area (Å²) in [5.74, 6) is 0. The fourth-order valence-corrected chi connectivity index (χ4v) is 2.87. The lowest BCUT2D eigenvalue weighted by atomic mass is 9.91. The van der Waals surface area contributed by atoms with Crippen LogP contribution in [0.15, 0.2) is 24.3 Å². The van der Waals surface area contributed by atoms with Gasteiger partial charge in [0.05, 0.1) is 6.07 Å². The molecule has 1 aliphatic carbocycles. The van der Waals surface area contributed by atoms with Crippen LogP contribution in [-0.4, -0.2) is 25.2 Å². The Bertz CT molecular complexity index is 501. The van der Waals surface area contributed by atoms with E-state index in [1.807, 2.05) is 0 Å². The van der Waals surface area contributed by atoms with Crippen LogP contribution in [0.25, 0.3) is 0 Å². The molecule has 1 aromatic rings. The van der Waals surface area contributed by atoms with E-state index in [0.29, 0.717) is 6.04 Å². The molecule has 0 bridgehead atoms. The van der Waals surface area contributed by atoms with Crippen molar-refractivity contribution in [3.05, 3.63) is 29.8 Å². The molecule has 1 saturated carbocycles. The van der Waals surface area contributed by atoms with E-state index in [4.69, 9.17) is 0 Å². The Hall–Kier alpha value is -1.53. The zero-order valence-corrected chi connectivity index (χ0v) is 13.5. The van der Waals surface area contributed by atoms with Crippen LogP contribution in [0.5, 0.6) is 0 Å².